The maximum Gasteiger partial charge on any atom is 0.412 e. The van der Waals surface area contributed by atoms with Crippen LogP contribution in [0.2, 0.25) is 5.02 Å². The predicted octanol–water partition coefficient (Wildman–Crippen LogP) is 10.1. The maximum absolute atomic E-state index is 15.5. The molecule has 0 aliphatic carbocycles. The van der Waals surface area contributed by atoms with E-state index in [1.54, 1.807) is 33.9 Å². The summed E-state index contributed by atoms with van der Waals surface area (Å²) in [6, 6.07) is 7.30. The van der Waals surface area contributed by atoms with Crippen molar-refractivity contribution in [3.05, 3.63) is 45.7 Å². The number of thiophene rings is 1. The zero-order chi connectivity index (χ0) is 38.6. The Balaban J connectivity index is 1.54. The summed E-state index contributed by atoms with van der Waals surface area (Å²) < 4.78 is 32.8. The molecule has 14 heteroatoms. The first-order valence-electron chi connectivity index (χ1n) is 17.5. The number of hydrogen-bond donors (Lipinski definition) is 1. The standard InChI is InChI=1S/C39H45ClFN5O5S2/c1-20-25(19-49-8)31-27(46-17-21-12-13-45(18-22(46)14-21)37(48)51-39(5,6)7)15-28(52-9)43-33(31)32(40)29(20)23-10-11-26(41)34-30(23)24(16-42)35(53-34)44-36(47)50-38(2,3)4/h10-11,15,21-22H,12-14,17-19H2,1-9H3,(H,44,47). The van der Waals surface area contributed by atoms with E-state index in [2.05, 4.69) is 22.4 Å². The molecule has 2 amide bonds. The van der Waals surface area contributed by atoms with Gasteiger partial charge in [0.2, 0.25) is 0 Å². The summed E-state index contributed by atoms with van der Waals surface area (Å²) in [5, 5.41) is 15.6. The fraction of sp³-hybridized carbons (Fsp3) is 0.487. The average molecular weight is 782 g/mol. The summed E-state index contributed by atoms with van der Waals surface area (Å²) >= 11 is 9.93. The highest BCUT2D eigenvalue weighted by Crippen LogP contribution is 2.50. The van der Waals surface area contributed by atoms with Gasteiger partial charge >= 0.3 is 12.2 Å². The predicted molar refractivity (Wildman–Crippen MR) is 211 cm³/mol. The molecule has 0 radical (unpaired) electrons. The number of benzene rings is 2. The highest BCUT2D eigenvalue weighted by molar-refractivity contribution is 7.98. The van der Waals surface area contributed by atoms with Crippen molar-refractivity contribution in [3.63, 3.8) is 0 Å². The van der Waals surface area contributed by atoms with Crippen LogP contribution in [0, 0.1) is 30.0 Å². The van der Waals surface area contributed by atoms with Crippen molar-refractivity contribution in [2.45, 2.75) is 90.2 Å². The molecule has 2 aliphatic rings. The lowest BCUT2D eigenvalue weighted by atomic mass is 9.90. The van der Waals surface area contributed by atoms with Crippen molar-refractivity contribution in [1.82, 2.24) is 9.88 Å². The number of amides is 2. The van der Waals surface area contributed by atoms with Gasteiger partial charge in [0, 0.05) is 54.8 Å². The van der Waals surface area contributed by atoms with E-state index in [4.69, 9.17) is 30.8 Å². The summed E-state index contributed by atoms with van der Waals surface area (Å²) in [7, 11) is 1.63. The maximum atomic E-state index is 15.5. The average Bonchev–Trinajstić information content (AvgIpc) is 3.56. The molecule has 2 unspecified atom stereocenters. The third kappa shape index (κ3) is 7.74. The fourth-order valence-corrected chi connectivity index (χ4v) is 9.26. The van der Waals surface area contributed by atoms with E-state index in [0.29, 0.717) is 46.1 Å². The fourth-order valence-electron chi connectivity index (χ4n) is 7.40. The highest BCUT2D eigenvalue weighted by Gasteiger charge is 2.40. The van der Waals surface area contributed by atoms with Crippen LogP contribution >= 0.6 is 34.7 Å². The zero-order valence-corrected chi connectivity index (χ0v) is 33.9. The van der Waals surface area contributed by atoms with Crippen LogP contribution in [-0.2, 0) is 20.8 Å². The Morgan fingerprint density at radius 2 is 1.87 bits per heavy atom. The van der Waals surface area contributed by atoms with Gasteiger partial charge in [-0.1, -0.05) is 17.7 Å². The molecule has 0 saturated carbocycles. The molecule has 0 spiro atoms. The molecule has 282 valence electrons. The number of nitriles is 1. The molecule has 4 aromatic rings. The van der Waals surface area contributed by atoms with E-state index in [-0.39, 0.29) is 34.0 Å². The molecule has 2 saturated heterocycles. The molecule has 1 N–H and O–H groups in total. The Hall–Kier alpha value is -3.83. The lowest BCUT2D eigenvalue weighted by Gasteiger charge is -2.35. The molecule has 53 heavy (non-hydrogen) atoms. The Bertz CT molecular complexity index is 2160. The quantitative estimate of drug-likeness (QED) is 0.191. The van der Waals surface area contributed by atoms with Crippen molar-refractivity contribution < 1.29 is 28.2 Å². The van der Waals surface area contributed by atoms with Crippen LogP contribution < -0.4 is 10.2 Å². The molecule has 6 rings (SSSR count). The number of fused-ring (bicyclic) bond motifs is 4. The van der Waals surface area contributed by atoms with Crippen LogP contribution in [0.4, 0.5) is 24.7 Å². The van der Waals surface area contributed by atoms with Gasteiger partial charge in [-0.25, -0.2) is 19.0 Å². The minimum absolute atomic E-state index is 0.0427. The number of pyridine rings is 1. The second kappa shape index (κ2) is 14.8. The van der Waals surface area contributed by atoms with Gasteiger partial charge in [0.1, 0.15) is 28.1 Å². The number of carbonyl (C=O) groups is 2. The molecule has 2 fully saturated rings. The van der Waals surface area contributed by atoms with E-state index >= 15 is 4.39 Å². The zero-order valence-electron chi connectivity index (χ0n) is 31.5. The monoisotopic (exact) mass is 781 g/mol. The van der Waals surface area contributed by atoms with Gasteiger partial charge in [0.05, 0.1) is 32.4 Å². The van der Waals surface area contributed by atoms with Crippen LogP contribution in [-0.4, -0.2) is 72.3 Å². The van der Waals surface area contributed by atoms with Gasteiger partial charge in [-0.15, -0.1) is 23.1 Å². The smallest absolute Gasteiger partial charge is 0.412 e. The summed E-state index contributed by atoms with van der Waals surface area (Å²) in [5.74, 6) is -0.148. The molecule has 2 aliphatic heterocycles. The minimum atomic E-state index is -0.774. The van der Waals surface area contributed by atoms with Crippen molar-refractivity contribution in [1.29, 1.82) is 5.26 Å². The van der Waals surface area contributed by atoms with E-state index in [1.165, 1.54) is 17.8 Å². The summed E-state index contributed by atoms with van der Waals surface area (Å²) in [5.41, 5.74) is 3.04. The summed E-state index contributed by atoms with van der Waals surface area (Å²) in [6.45, 7) is 15.0. The number of nitrogens with one attached hydrogen (secondary N) is 1. The number of rotatable bonds is 6. The van der Waals surface area contributed by atoms with Gasteiger partial charge in [0.15, 0.2) is 0 Å². The SMILES string of the molecule is COCc1c(C)c(-c2ccc(F)c3sc(NC(=O)OC(C)(C)C)c(C#N)c23)c(Cl)c2nc(SC)cc(N3CC4CCN(C(=O)OC(C)(C)C)CC3C4)c12. The van der Waals surface area contributed by atoms with Crippen LogP contribution in [0.3, 0.4) is 0 Å². The first kappa shape index (κ1) is 38.9. The third-order valence-corrected chi connectivity index (χ3v) is 11.6. The number of aromatic nitrogens is 1. The molecule has 2 bridgehead atoms. The van der Waals surface area contributed by atoms with Gasteiger partial charge in [0.25, 0.3) is 0 Å². The number of hydrogen-bond acceptors (Lipinski definition) is 10. The van der Waals surface area contributed by atoms with Crippen molar-refractivity contribution in [2.24, 2.45) is 5.92 Å². The van der Waals surface area contributed by atoms with Crippen LogP contribution in [0.25, 0.3) is 32.1 Å². The highest BCUT2D eigenvalue weighted by atomic mass is 35.5. The molecule has 4 heterocycles. The number of halogens is 2. The van der Waals surface area contributed by atoms with Crippen LogP contribution in [0.15, 0.2) is 23.2 Å². The van der Waals surface area contributed by atoms with E-state index < -0.39 is 23.1 Å². The van der Waals surface area contributed by atoms with E-state index in [1.807, 2.05) is 38.9 Å². The van der Waals surface area contributed by atoms with E-state index in [9.17, 15) is 14.9 Å². The Morgan fingerprint density at radius 3 is 2.51 bits per heavy atom. The Morgan fingerprint density at radius 1 is 1.15 bits per heavy atom. The van der Waals surface area contributed by atoms with Gasteiger partial charge in [-0.3, -0.25) is 5.32 Å². The molecular weight excluding hydrogens is 737 g/mol. The number of nitrogens with zero attached hydrogens (tertiary/aromatic N) is 4. The number of thioether (sulfide) groups is 1. The second-order valence-electron chi connectivity index (χ2n) is 15.6. The number of carbonyl (C=O) groups excluding carboxylic acids is 2. The number of anilines is 2. The van der Waals surface area contributed by atoms with Crippen molar-refractivity contribution in [3.8, 4) is 17.2 Å². The molecular formula is C39H45ClFN5O5S2. The lowest BCUT2D eigenvalue weighted by Crippen LogP contribution is -2.46. The van der Waals surface area contributed by atoms with Gasteiger partial charge in [-0.05, 0) is 102 Å². The Labute approximate surface area is 322 Å². The summed E-state index contributed by atoms with van der Waals surface area (Å²) in [6.07, 6.45) is 2.71. The second-order valence-corrected chi connectivity index (χ2v) is 17.8. The molecule has 2 aromatic heterocycles. The molecule has 2 atom stereocenters. The topological polar surface area (TPSA) is 117 Å². The van der Waals surface area contributed by atoms with Gasteiger partial charge in [-0.2, -0.15) is 5.26 Å². The number of ether oxygens (including phenoxy) is 3. The van der Waals surface area contributed by atoms with E-state index in [0.717, 1.165) is 57.9 Å². The lowest BCUT2D eigenvalue weighted by molar-refractivity contribution is 0.0243. The van der Waals surface area contributed by atoms with Crippen molar-refractivity contribution >= 4 is 78.6 Å². The van der Waals surface area contributed by atoms with Gasteiger partial charge < -0.3 is 24.0 Å². The minimum Gasteiger partial charge on any atom is -0.444 e. The first-order valence-corrected chi connectivity index (χ1v) is 19.9. The molecule has 10 nitrogen and oxygen atoms in total. The molecule has 2 aromatic carbocycles. The largest absolute Gasteiger partial charge is 0.444 e. The summed E-state index contributed by atoms with van der Waals surface area (Å²) in [4.78, 5) is 35.3. The van der Waals surface area contributed by atoms with Crippen LogP contribution in [0.1, 0.15) is 71.1 Å². The number of likely N-dealkylation sites (tertiary alicyclic amines) is 1. The van der Waals surface area contributed by atoms with Crippen molar-refractivity contribution in [2.75, 3.05) is 43.2 Å². The third-order valence-electron chi connectivity index (χ3n) is 9.52. The Kier molecular flexibility index (Phi) is 10.8. The number of methoxy groups -OCH3 is 1. The van der Waals surface area contributed by atoms with Crippen LogP contribution in [0.5, 0.6) is 0 Å². The first-order chi connectivity index (χ1) is 24.9. The normalized spacial score (nSPS) is 17.6.